The van der Waals surface area contributed by atoms with E-state index in [2.05, 4.69) is 31.1 Å². The molecule has 2 unspecified atom stereocenters. The Kier molecular flexibility index (Phi) is 9.05. The average molecular weight is 689 g/mol. The maximum Gasteiger partial charge on any atom is 0.352 e. The first-order valence-electron chi connectivity index (χ1n) is 14.5. The number of phenolic OH excluding ortho intramolecular Hbond substituents is 1. The third-order valence-electron chi connectivity index (χ3n) is 7.79. The minimum absolute atomic E-state index is 0.0758. The van der Waals surface area contributed by atoms with E-state index in [1.54, 1.807) is 13.1 Å². The molecule has 48 heavy (non-hydrogen) atoms. The molecular formula is C31H28N8O7S2. The molecule has 246 valence electrons. The predicted molar refractivity (Wildman–Crippen MR) is 175 cm³/mol. The Balaban J connectivity index is 1.20. The number of amides is 3. The van der Waals surface area contributed by atoms with Gasteiger partial charge in [0.05, 0.1) is 0 Å². The SMILES string of the molecule is Cc1ccc(-c2ccc(C(=O)NC(C(=O)NC3C(=O)N4C(C(=O)O)=C(CSc5nnnn5C)CS[C@H]34)c3ccc(O)cc3)c(=O)[nH]2)cc1. The first kappa shape index (κ1) is 32.5. The minimum Gasteiger partial charge on any atom is -0.508 e. The molecule has 5 N–H and O–H groups in total. The summed E-state index contributed by atoms with van der Waals surface area (Å²) in [7, 11) is 1.65. The molecule has 1 fully saturated rings. The van der Waals surface area contributed by atoms with Gasteiger partial charge in [0.25, 0.3) is 17.4 Å². The van der Waals surface area contributed by atoms with Crippen molar-refractivity contribution in [2.24, 2.45) is 7.05 Å². The third-order valence-corrected chi connectivity index (χ3v) is 10.2. The molecule has 17 heteroatoms. The zero-order valence-corrected chi connectivity index (χ0v) is 27.0. The standard InChI is InChI=1S/C31H28N8O7S2/c1-15-3-5-16(6-4-15)21-12-11-20(25(41)32-21)26(42)33-22(17-7-9-19(40)10-8-17)27(43)34-23-28(44)39-24(30(45)46)18(13-47-29(23)39)14-48-31-35-36-37-38(31)2/h3-12,22-23,29,40H,13-14H2,1-2H3,(H,32,41)(H,33,42)(H,34,43)(H,45,46)/t22?,23?,29-/m1/s1. The Hall–Kier alpha value is -5.42. The van der Waals surface area contributed by atoms with E-state index >= 15 is 0 Å². The number of pyridine rings is 1. The van der Waals surface area contributed by atoms with E-state index in [1.807, 2.05) is 31.2 Å². The van der Waals surface area contributed by atoms with E-state index < -0.39 is 46.7 Å². The molecule has 0 saturated carbocycles. The second-order valence-corrected chi connectivity index (χ2v) is 13.1. The van der Waals surface area contributed by atoms with Gasteiger partial charge in [-0.05, 0) is 58.3 Å². The van der Waals surface area contributed by atoms with Gasteiger partial charge in [-0.25, -0.2) is 9.48 Å². The van der Waals surface area contributed by atoms with E-state index in [9.17, 15) is 34.2 Å². The lowest BCUT2D eigenvalue weighted by atomic mass is 10.0. The van der Waals surface area contributed by atoms with E-state index in [0.717, 1.165) is 16.0 Å². The number of phenols is 1. The fourth-order valence-corrected chi connectivity index (χ4v) is 7.59. The number of hydrogen-bond donors (Lipinski definition) is 5. The lowest BCUT2D eigenvalue weighted by molar-refractivity contribution is -0.151. The number of H-pyrrole nitrogens is 1. The number of nitrogens with zero attached hydrogens (tertiary/aromatic N) is 5. The van der Waals surface area contributed by atoms with E-state index in [1.165, 1.54) is 58.5 Å². The monoisotopic (exact) mass is 688 g/mol. The average Bonchev–Trinajstić information content (AvgIpc) is 3.49. The van der Waals surface area contributed by atoms with Gasteiger partial charge in [-0.2, -0.15) is 0 Å². The maximum atomic E-state index is 13.7. The number of nitrogens with one attached hydrogen (secondary N) is 3. The Morgan fingerprint density at radius 2 is 1.81 bits per heavy atom. The third kappa shape index (κ3) is 6.41. The molecule has 0 aliphatic carbocycles. The van der Waals surface area contributed by atoms with Crippen LogP contribution in [0.1, 0.15) is 27.5 Å². The van der Waals surface area contributed by atoms with Crippen LogP contribution >= 0.6 is 23.5 Å². The molecule has 2 aliphatic heterocycles. The summed E-state index contributed by atoms with van der Waals surface area (Å²) in [6.07, 6.45) is 0. The fraction of sp³-hybridized carbons (Fsp3) is 0.226. The molecular weight excluding hydrogens is 661 g/mol. The van der Waals surface area contributed by atoms with E-state index in [-0.39, 0.29) is 34.1 Å². The summed E-state index contributed by atoms with van der Waals surface area (Å²) in [5, 5.41) is 36.0. The largest absolute Gasteiger partial charge is 0.508 e. The summed E-state index contributed by atoms with van der Waals surface area (Å²) >= 11 is 2.52. The molecule has 3 atom stereocenters. The number of tetrazole rings is 1. The van der Waals surface area contributed by atoms with Crippen LogP contribution in [-0.2, 0) is 21.4 Å². The summed E-state index contributed by atoms with van der Waals surface area (Å²) in [5.41, 5.74) is 2.01. The summed E-state index contributed by atoms with van der Waals surface area (Å²) in [6, 6.07) is 13.5. The molecule has 2 aliphatic rings. The number of fused-ring (bicyclic) bond motifs is 1. The quantitative estimate of drug-likeness (QED) is 0.119. The van der Waals surface area contributed by atoms with E-state index in [4.69, 9.17) is 0 Å². The molecule has 3 amide bonds. The van der Waals surface area contributed by atoms with Crippen molar-refractivity contribution in [3.05, 3.63) is 99.0 Å². The number of aromatic hydroxyl groups is 1. The Bertz CT molecular complexity index is 2010. The number of carboxylic acid groups (broad SMARTS) is 1. The molecule has 0 radical (unpaired) electrons. The Labute approximate surface area is 280 Å². The van der Waals surface area contributed by atoms with Crippen LogP contribution in [0.4, 0.5) is 0 Å². The van der Waals surface area contributed by atoms with Crippen molar-refractivity contribution >= 4 is 47.2 Å². The van der Waals surface area contributed by atoms with Crippen molar-refractivity contribution in [1.29, 1.82) is 0 Å². The highest BCUT2D eigenvalue weighted by Crippen LogP contribution is 2.41. The number of rotatable bonds is 10. The first-order chi connectivity index (χ1) is 23.0. The van der Waals surface area contributed by atoms with Gasteiger partial charge in [0, 0.05) is 24.2 Å². The molecule has 6 rings (SSSR count). The van der Waals surface area contributed by atoms with Crippen LogP contribution in [0.2, 0.25) is 0 Å². The van der Waals surface area contributed by atoms with Crippen molar-refractivity contribution in [3.63, 3.8) is 0 Å². The highest BCUT2D eigenvalue weighted by molar-refractivity contribution is 8.01. The summed E-state index contributed by atoms with van der Waals surface area (Å²) in [6.45, 7) is 1.94. The molecule has 15 nitrogen and oxygen atoms in total. The number of aromatic nitrogens is 5. The van der Waals surface area contributed by atoms with Crippen LogP contribution in [0.25, 0.3) is 11.3 Å². The molecule has 2 aromatic heterocycles. The van der Waals surface area contributed by atoms with Gasteiger partial charge in [0.15, 0.2) is 0 Å². The first-order valence-corrected chi connectivity index (χ1v) is 16.5. The van der Waals surface area contributed by atoms with Gasteiger partial charge in [-0.15, -0.1) is 16.9 Å². The smallest absolute Gasteiger partial charge is 0.352 e. The van der Waals surface area contributed by atoms with Crippen LogP contribution in [0, 0.1) is 6.92 Å². The number of aromatic amines is 1. The lowest BCUT2D eigenvalue weighted by Gasteiger charge is -2.49. The number of β-lactam (4-membered cyclic amide) rings is 1. The predicted octanol–water partition coefficient (Wildman–Crippen LogP) is 1.58. The van der Waals surface area contributed by atoms with Crippen LogP contribution < -0.4 is 16.2 Å². The topological polar surface area (TPSA) is 212 Å². The van der Waals surface area contributed by atoms with Gasteiger partial charge in [-0.1, -0.05) is 53.7 Å². The van der Waals surface area contributed by atoms with Crippen molar-refractivity contribution in [2.75, 3.05) is 11.5 Å². The Morgan fingerprint density at radius 1 is 1.08 bits per heavy atom. The summed E-state index contributed by atoms with van der Waals surface area (Å²) in [4.78, 5) is 69.5. The number of benzene rings is 2. The molecule has 0 spiro atoms. The molecule has 2 aromatic carbocycles. The Morgan fingerprint density at radius 3 is 2.46 bits per heavy atom. The van der Waals surface area contributed by atoms with Gasteiger partial charge in [-0.3, -0.25) is 24.1 Å². The van der Waals surface area contributed by atoms with Gasteiger partial charge < -0.3 is 25.8 Å². The lowest BCUT2D eigenvalue weighted by Crippen LogP contribution is -2.71. The number of carboxylic acids is 1. The molecule has 4 aromatic rings. The molecule has 0 bridgehead atoms. The van der Waals surface area contributed by atoms with Gasteiger partial charge in [0.1, 0.15) is 34.5 Å². The van der Waals surface area contributed by atoms with Crippen LogP contribution in [-0.4, -0.2) is 86.9 Å². The molecule has 1 saturated heterocycles. The number of carbonyl (C=O) groups excluding carboxylic acids is 3. The molecule has 4 heterocycles. The van der Waals surface area contributed by atoms with Crippen molar-refractivity contribution in [1.82, 2.24) is 40.7 Å². The highest BCUT2D eigenvalue weighted by atomic mass is 32.2. The second kappa shape index (κ2) is 13.4. The van der Waals surface area contributed by atoms with Crippen molar-refractivity contribution in [3.8, 4) is 17.0 Å². The van der Waals surface area contributed by atoms with Crippen LogP contribution in [0.3, 0.4) is 0 Å². The number of hydrogen-bond acceptors (Lipinski definition) is 11. The maximum absolute atomic E-state index is 13.7. The van der Waals surface area contributed by atoms with Gasteiger partial charge in [0.2, 0.25) is 11.1 Å². The van der Waals surface area contributed by atoms with E-state index in [0.29, 0.717) is 16.4 Å². The number of aliphatic carboxylic acids is 1. The zero-order chi connectivity index (χ0) is 34.1. The summed E-state index contributed by atoms with van der Waals surface area (Å²) in [5.74, 6) is -3.08. The minimum atomic E-state index is -1.37. The van der Waals surface area contributed by atoms with Gasteiger partial charge >= 0.3 is 5.97 Å². The fourth-order valence-electron chi connectivity index (χ4n) is 5.26. The highest BCUT2D eigenvalue weighted by Gasteiger charge is 2.54. The second-order valence-electron chi connectivity index (χ2n) is 11.0. The number of thioether (sulfide) groups is 2. The van der Waals surface area contributed by atoms with Crippen LogP contribution in [0.15, 0.2) is 81.9 Å². The summed E-state index contributed by atoms with van der Waals surface area (Å²) < 4.78 is 1.45. The number of carbonyl (C=O) groups is 4. The number of aryl methyl sites for hydroxylation is 2. The zero-order valence-electron chi connectivity index (χ0n) is 25.4. The normalized spacial score (nSPS) is 17.7. The van der Waals surface area contributed by atoms with Crippen molar-refractivity contribution in [2.45, 2.75) is 29.5 Å². The van der Waals surface area contributed by atoms with Crippen LogP contribution in [0.5, 0.6) is 5.75 Å². The van der Waals surface area contributed by atoms with Crippen molar-refractivity contribution < 1.29 is 29.4 Å².